The van der Waals surface area contributed by atoms with Crippen LogP contribution in [0.5, 0.6) is 5.75 Å². The molecule has 36 heavy (non-hydrogen) atoms. The predicted octanol–water partition coefficient (Wildman–Crippen LogP) is 4.61. The number of nitrogens with one attached hydrogen (secondary N) is 1. The Morgan fingerprint density at radius 1 is 1.19 bits per heavy atom. The van der Waals surface area contributed by atoms with E-state index in [4.69, 9.17) is 16.3 Å². The molecule has 10 nitrogen and oxygen atoms in total. The number of anilines is 1. The lowest BCUT2D eigenvalue weighted by Gasteiger charge is -2.14. The number of fused-ring (bicyclic) bond motifs is 1. The molecule has 5 aromatic rings. The molecule has 13 heteroatoms. The molecule has 0 saturated carbocycles. The second kappa shape index (κ2) is 9.21. The van der Waals surface area contributed by atoms with Gasteiger partial charge in [-0.15, -0.1) is 5.10 Å². The molecule has 0 fully saturated rings. The van der Waals surface area contributed by atoms with Crippen LogP contribution in [0, 0.1) is 19.7 Å². The van der Waals surface area contributed by atoms with E-state index >= 15 is 0 Å². The highest BCUT2D eigenvalue weighted by atomic mass is 35.5. The van der Waals surface area contributed by atoms with Crippen LogP contribution in [0.2, 0.25) is 5.15 Å². The second-order valence-electron chi connectivity index (χ2n) is 7.82. The molecule has 1 N–H and O–H groups in total. The fraction of sp³-hybridized carbons (Fsp3) is 0.174. The third kappa shape index (κ3) is 4.14. The van der Waals surface area contributed by atoms with E-state index in [0.717, 1.165) is 11.3 Å². The Bertz CT molecular complexity index is 1630. The average molecular weight is 525 g/mol. The molecule has 0 spiro atoms. The molecule has 0 aliphatic heterocycles. The van der Waals surface area contributed by atoms with Crippen LogP contribution in [0.1, 0.15) is 21.7 Å². The van der Waals surface area contributed by atoms with Gasteiger partial charge in [-0.2, -0.15) is 0 Å². The maximum absolute atomic E-state index is 14.9. The number of carbonyl (C=O) groups excluding carboxylic acids is 1. The Balaban J connectivity index is 1.54. The lowest BCUT2D eigenvalue weighted by molar-refractivity contribution is 0.102. The molecular weight excluding hydrogens is 507 g/mol. The zero-order valence-electron chi connectivity index (χ0n) is 19.5. The first kappa shape index (κ1) is 23.7. The fourth-order valence-corrected chi connectivity index (χ4v) is 4.97. The molecule has 1 amide bonds. The van der Waals surface area contributed by atoms with Gasteiger partial charge in [-0.05, 0) is 26.0 Å². The Morgan fingerprint density at radius 3 is 2.72 bits per heavy atom. The summed E-state index contributed by atoms with van der Waals surface area (Å²) in [6, 6.07) is 4.73. The molecule has 0 atom stereocenters. The summed E-state index contributed by atoms with van der Waals surface area (Å²) in [5.74, 6) is -0.634. The summed E-state index contributed by atoms with van der Waals surface area (Å²) in [6.07, 6.45) is 3.14. The average Bonchev–Trinajstić information content (AvgIpc) is 3.38. The topological polar surface area (TPSA) is 121 Å². The smallest absolute Gasteiger partial charge is 0.261 e. The first-order valence-corrected chi connectivity index (χ1v) is 11.8. The van der Waals surface area contributed by atoms with Crippen molar-refractivity contribution in [3.8, 4) is 28.3 Å². The maximum Gasteiger partial charge on any atom is 0.261 e. The zero-order chi connectivity index (χ0) is 25.6. The standard InChI is InChI=1S/C23H18ClFN8O2S/c1-10-7-13(12-5-6-26-9-16(12)35-4)17(20(24)27-10)21(34)30-23-28-15-8-14(25)18(29-22(15)36-23)19-11(2)31-32-33(19)3/h5-9H,1-4H3,(H,28,30,34). The summed E-state index contributed by atoms with van der Waals surface area (Å²) in [5, 5.41) is 10.9. The van der Waals surface area contributed by atoms with Crippen molar-refractivity contribution in [1.82, 2.24) is 34.9 Å². The zero-order valence-corrected chi connectivity index (χ0v) is 21.1. The molecule has 0 bridgehead atoms. The van der Waals surface area contributed by atoms with Crippen LogP contribution in [-0.4, -0.2) is 47.9 Å². The summed E-state index contributed by atoms with van der Waals surface area (Å²) in [4.78, 5) is 30.9. The monoisotopic (exact) mass is 524 g/mol. The summed E-state index contributed by atoms with van der Waals surface area (Å²) >= 11 is 7.53. The molecule has 5 heterocycles. The lowest BCUT2D eigenvalue weighted by atomic mass is 10.0. The maximum atomic E-state index is 14.9. The van der Waals surface area contributed by atoms with Gasteiger partial charge in [0, 0.05) is 36.1 Å². The normalized spacial score (nSPS) is 11.2. The quantitative estimate of drug-likeness (QED) is 0.331. The van der Waals surface area contributed by atoms with Crippen molar-refractivity contribution < 1.29 is 13.9 Å². The predicted molar refractivity (Wildman–Crippen MR) is 134 cm³/mol. The van der Waals surface area contributed by atoms with Crippen LogP contribution in [0.25, 0.3) is 32.9 Å². The Morgan fingerprint density at radius 2 is 2.00 bits per heavy atom. The molecule has 0 radical (unpaired) electrons. The SMILES string of the molecule is COc1cnccc1-c1cc(C)nc(Cl)c1C(=O)Nc1nc2cc(F)c(-c3c(C)nnn3C)nc2s1. The number of rotatable bonds is 5. The molecule has 0 aliphatic rings. The van der Waals surface area contributed by atoms with E-state index in [1.54, 1.807) is 45.4 Å². The highest BCUT2D eigenvalue weighted by Crippen LogP contribution is 2.36. The van der Waals surface area contributed by atoms with Crippen LogP contribution in [0.3, 0.4) is 0 Å². The molecule has 0 aliphatic carbocycles. The van der Waals surface area contributed by atoms with Crippen molar-refractivity contribution >= 4 is 44.3 Å². The first-order valence-electron chi connectivity index (χ1n) is 10.6. The van der Waals surface area contributed by atoms with E-state index < -0.39 is 11.7 Å². The summed E-state index contributed by atoms with van der Waals surface area (Å²) in [7, 11) is 3.17. The number of ether oxygens (including phenoxy) is 1. The minimum Gasteiger partial charge on any atom is -0.494 e. The van der Waals surface area contributed by atoms with Gasteiger partial charge in [0.2, 0.25) is 0 Å². The molecule has 0 saturated heterocycles. The second-order valence-corrected chi connectivity index (χ2v) is 9.15. The van der Waals surface area contributed by atoms with Crippen molar-refractivity contribution in [2.45, 2.75) is 13.8 Å². The van der Waals surface area contributed by atoms with Crippen molar-refractivity contribution in [3.05, 3.63) is 58.5 Å². The number of aromatic nitrogens is 7. The number of pyridine rings is 3. The summed E-state index contributed by atoms with van der Waals surface area (Å²) in [6.45, 7) is 3.50. The van der Waals surface area contributed by atoms with Gasteiger partial charge in [0.15, 0.2) is 10.9 Å². The number of carbonyl (C=O) groups is 1. The van der Waals surface area contributed by atoms with E-state index in [2.05, 4.69) is 35.6 Å². The van der Waals surface area contributed by atoms with Gasteiger partial charge in [-0.1, -0.05) is 28.2 Å². The van der Waals surface area contributed by atoms with Gasteiger partial charge in [0.1, 0.15) is 32.6 Å². The highest BCUT2D eigenvalue weighted by Gasteiger charge is 2.23. The van der Waals surface area contributed by atoms with Crippen molar-refractivity contribution in [2.75, 3.05) is 12.4 Å². The molecule has 5 rings (SSSR count). The number of nitrogens with zero attached hydrogens (tertiary/aromatic N) is 7. The van der Waals surface area contributed by atoms with Gasteiger partial charge in [0.25, 0.3) is 5.91 Å². The van der Waals surface area contributed by atoms with Gasteiger partial charge in [0.05, 0.1) is 24.6 Å². The van der Waals surface area contributed by atoms with Crippen LogP contribution in [0.15, 0.2) is 30.6 Å². The summed E-state index contributed by atoms with van der Waals surface area (Å²) in [5.41, 5.74) is 3.32. The van der Waals surface area contributed by atoms with Gasteiger partial charge in [-0.3, -0.25) is 15.1 Å². The Labute approximate surface area is 213 Å². The molecule has 182 valence electrons. The van der Waals surface area contributed by atoms with Crippen LogP contribution >= 0.6 is 22.9 Å². The number of amides is 1. The Hall–Kier alpha value is -4.03. The molecule has 0 unspecified atom stereocenters. The molecule has 5 aromatic heterocycles. The number of hydrogen-bond acceptors (Lipinski definition) is 9. The fourth-order valence-electron chi connectivity index (χ4n) is 3.83. The highest BCUT2D eigenvalue weighted by molar-refractivity contribution is 7.22. The minimum absolute atomic E-state index is 0.0214. The van der Waals surface area contributed by atoms with E-state index in [1.807, 2.05) is 0 Å². The largest absolute Gasteiger partial charge is 0.494 e. The number of aryl methyl sites for hydroxylation is 3. The first-order chi connectivity index (χ1) is 17.3. The van der Waals surface area contributed by atoms with Crippen LogP contribution in [0.4, 0.5) is 9.52 Å². The van der Waals surface area contributed by atoms with Crippen LogP contribution in [-0.2, 0) is 7.05 Å². The number of hydrogen-bond donors (Lipinski definition) is 1. The van der Waals surface area contributed by atoms with Gasteiger partial charge >= 0.3 is 0 Å². The van der Waals surface area contributed by atoms with E-state index in [0.29, 0.717) is 44.3 Å². The lowest BCUT2D eigenvalue weighted by Crippen LogP contribution is -2.15. The Kier molecular flexibility index (Phi) is 6.06. The molecular formula is C23H18ClFN8O2S. The van der Waals surface area contributed by atoms with Crippen molar-refractivity contribution in [1.29, 1.82) is 0 Å². The van der Waals surface area contributed by atoms with Crippen molar-refractivity contribution in [2.24, 2.45) is 7.05 Å². The van der Waals surface area contributed by atoms with Crippen LogP contribution < -0.4 is 10.1 Å². The third-order valence-electron chi connectivity index (χ3n) is 5.40. The number of thiazole rings is 1. The summed E-state index contributed by atoms with van der Waals surface area (Å²) < 4.78 is 21.8. The van der Waals surface area contributed by atoms with E-state index in [1.165, 1.54) is 17.9 Å². The molecule has 0 aromatic carbocycles. The number of halogens is 2. The third-order valence-corrected chi connectivity index (χ3v) is 6.56. The van der Waals surface area contributed by atoms with E-state index in [-0.39, 0.29) is 21.5 Å². The van der Waals surface area contributed by atoms with E-state index in [9.17, 15) is 9.18 Å². The number of methoxy groups -OCH3 is 1. The van der Waals surface area contributed by atoms with Gasteiger partial charge in [-0.25, -0.2) is 24.0 Å². The van der Waals surface area contributed by atoms with Gasteiger partial charge < -0.3 is 4.74 Å². The van der Waals surface area contributed by atoms with Crippen molar-refractivity contribution in [3.63, 3.8) is 0 Å². The minimum atomic E-state index is -0.572.